The van der Waals surface area contributed by atoms with Gasteiger partial charge >= 0.3 is 0 Å². The molecule has 422 valence electrons. The predicted molar refractivity (Wildman–Crippen MR) is 268 cm³/mol. The lowest BCUT2D eigenvalue weighted by Gasteiger charge is -2.48. The highest BCUT2D eigenvalue weighted by atomic mass is 16.8. The smallest absolute Gasteiger partial charge is 0.220 e. The maximum atomic E-state index is 13.2. The van der Waals surface area contributed by atoms with Gasteiger partial charge in [-0.05, 0) is 44.9 Å². The highest BCUT2D eigenvalue weighted by Gasteiger charge is 2.53. The van der Waals surface area contributed by atoms with E-state index in [9.17, 15) is 61.0 Å². The van der Waals surface area contributed by atoms with Crippen LogP contribution in [0.3, 0.4) is 0 Å². The van der Waals surface area contributed by atoms with Crippen molar-refractivity contribution in [2.75, 3.05) is 26.4 Å². The number of hydrogen-bond donors (Lipinski definition) is 12. The molecule has 12 N–H and O–H groups in total. The molecule has 19 heteroatoms. The van der Waals surface area contributed by atoms with E-state index in [-0.39, 0.29) is 18.9 Å². The molecule has 0 aliphatic carbocycles. The van der Waals surface area contributed by atoms with E-state index in [1.54, 1.807) is 6.08 Å². The predicted octanol–water partition coefficient (Wildman–Crippen LogP) is 3.20. The van der Waals surface area contributed by atoms with Gasteiger partial charge in [-0.25, -0.2) is 0 Å². The zero-order valence-electron chi connectivity index (χ0n) is 43.4. The lowest BCUT2D eigenvalue weighted by atomic mass is 9.96. The third-order valence-corrected chi connectivity index (χ3v) is 14.0. The van der Waals surface area contributed by atoms with Crippen LogP contribution in [-0.2, 0) is 33.2 Å². The highest BCUT2D eigenvalue weighted by molar-refractivity contribution is 5.76. The molecule has 3 heterocycles. The standard InChI is InChI=1S/C53H97NO18/c1-3-5-7-9-11-12-13-14-15-16-17-18-19-20-21-22-23-24-25-27-29-31-41(59)54-36(37(58)30-28-26-10-8-6-4-2)35-67-51-47(65)44(62)49(39(33-56)69-51)72-53-48(66)45(63)50(40(34-57)70-53)71-52-46(64)43(61)42(60)38(32-55)68-52/h16-17,28,30,36-40,42-53,55-58,60-66H,3-15,18-27,29,31-35H2,1-2H3,(H,54,59)/b17-16-,30-28+. The van der Waals surface area contributed by atoms with Gasteiger partial charge in [-0.3, -0.25) is 4.79 Å². The molecule has 3 saturated heterocycles. The summed E-state index contributed by atoms with van der Waals surface area (Å²) in [4.78, 5) is 13.2. The zero-order chi connectivity index (χ0) is 52.7. The van der Waals surface area contributed by atoms with Crippen LogP contribution in [0.15, 0.2) is 24.3 Å². The maximum absolute atomic E-state index is 13.2. The quantitative estimate of drug-likeness (QED) is 0.0311. The average Bonchev–Trinajstić information content (AvgIpc) is 3.38. The minimum atomic E-state index is -1.97. The Morgan fingerprint density at radius 1 is 0.486 bits per heavy atom. The number of allylic oxidation sites excluding steroid dienone is 3. The number of ether oxygens (including phenoxy) is 6. The summed E-state index contributed by atoms with van der Waals surface area (Å²) in [5.74, 6) is -0.284. The van der Waals surface area contributed by atoms with Crippen molar-refractivity contribution in [1.82, 2.24) is 5.32 Å². The summed E-state index contributed by atoms with van der Waals surface area (Å²) >= 11 is 0. The number of carbonyl (C=O) groups is 1. The van der Waals surface area contributed by atoms with Crippen LogP contribution in [0.1, 0.15) is 174 Å². The molecule has 17 atom stereocenters. The Morgan fingerprint density at radius 3 is 1.36 bits per heavy atom. The summed E-state index contributed by atoms with van der Waals surface area (Å²) in [5, 5.41) is 119. The number of unbranched alkanes of at least 4 members (excludes halogenated alkanes) is 21. The van der Waals surface area contributed by atoms with Gasteiger partial charge in [-0.1, -0.05) is 147 Å². The van der Waals surface area contributed by atoms with Crippen molar-refractivity contribution in [2.24, 2.45) is 0 Å². The largest absolute Gasteiger partial charge is 0.394 e. The molecule has 0 radical (unpaired) electrons. The van der Waals surface area contributed by atoms with Crippen molar-refractivity contribution < 1.29 is 89.4 Å². The van der Waals surface area contributed by atoms with Crippen molar-refractivity contribution in [3.05, 3.63) is 24.3 Å². The second-order valence-electron chi connectivity index (χ2n) is 20.0. The number of aliphatic hydroxyl groups excluding tert-OH is 11. The van der Waals surface area contributed by atoms with Crippen LogP contribution >= 0.6 is 0 Å². The van der Waals surface area contributed by atoms with Crippen LogP contribution in [0.4, 0.5) is 0 Å². The van der Waals surface area contributed by atoms with E-state index >= 15 is 0 Å². The number of amides is 1. The Bertz CT molecular complexity index is 1430. The molecule has 3 aliphatic rings. The van der Waals surface area contributed by atoms with E-state index in [1.807, 2.05) is 6.08 Å². The number of aliphatic hydroxyl groups is 11. The van der Waals surface area contributed by atoms with Gasteiger partial charge in [0.2, 0.25) is 5.91 Å². The minimum Gasteiger partial charge on any atom is -0.394 e. The van der Waals surface area contributed by atoms with Crippen molar-refractivity contribution in [3.8, 4) is 0 Å². The van der Waals surface area contributed by atoms with Crippen LogP contribution in [0.5, 0.6) is 0 Å². The first-order valence-corrected chi connectivity index (χ1v) is 27.6. The molecule has 3 rings (SSSR count). The highest BCUT2D eigenvalue weighted by Crippen LogP contribution is 2.33. The van der Waals surface area contributed by atoms with Gasteiger partial charge in [0.15, 0.2) is 18.9 Å². The average molecular weight is 1040 g/mol. The molecule has 1 amide bonds. The number of rotatable bonds is 39. The Morgan fingerprint density at radius 2 is 0.875 bits per heavy atom. The minimum absolute atomic E-state index is 0.241. The van der Waals surface area contributed by atoms with Crippen molar-refractivity contribution >= 4 is 5.91 Å². The molecular weight excluding hydrogens is 939 g/mol. The summed E-state index contributed by atoms with van der Waals surface area (Å²) in [6.45, 7) is 1.61. The first-order chi connectivity index (χ1) is 34.8. The van der Waals surface area contributed by atoms with Crippen LogP contribution in [0.2, 0.25) is 0 Å². The summed E-state index contributed by atoms with van der Waals surface area (Å²) in [6.07, 6.45) is 9.44. The third kappa shape index (κ3) is 22.9. The van der Waals surface area contributed by atoms with Gasteiger partial charge in [0.25, 0.3) is 0 Å². The number of hydrogen-bond acceptors (Lipinski definition) is 18. The molecule has 3 fully saturated rings. The molecular formula is C53H97NO18. The first-order valence-electron chi connectivity index (χ1n) is 27.6. The van der Waals surface area contributed by atoms with Gasteiger partial charge in [0, 0.05) is 6.42 Å². The monoisotopic (exact) mass is 1040 g/mol. The van der Waals surface area contributed by atoms with Gasteiger partial charge in [0.05, 0.1) is 38.6 Å². The Hall–Kier alpha value is -1.73. The SMILES string of the molecule is CCCCCC/C=C/C(O)C(COC1OC(CO)C(OC2OC(CO)C(OC3OC(CO)C(O)C(O)C3O)C(O)C2O)C(O)C1O)NC(=O)CCCCCCCCCCC/C=C\CCCCCCCCCC. The second-order valence-corrected chi connectivity index (χ2v) is 20.0. The first kappa shape index (κ1) is 64.6. The molecule has 3 aliphatic heterocycles. The molecule has 0 aromatic rings. The van der Waals surface area contributed by atoms with E-state index in [2.05, 4.69) is 31.3 Å². The fraction of sp³-hybridized carbons (Fsp3) is 0.906. The van der Waals surface area contributed by atoms with Crippen molar-refractivity contribution in [1.29, 1.82) is 0 Å². The molecule has 72 heavy (non-hydrogen) atoms. The molecule has 0 bridgehead atoms. The van der Waals surface area contributed by atoms with Gasteiger partial charge in [0.1, 0.15) is 73.2 Å². The van der Waals surface area contributed by atoms with E-state index in [0.29, 0.717) is 6.42 Å². The number of carbonyl (C=O) groups excluding carboxylic acids is 1. The van der Waals surface area contributed by atoms with Gasteiger partial charge in [-0.15, -0.1) is 0 Å². The normalized spacial score (nSPS) is 32.2. The fourth-order valence-corrected chi connectivity index (χ4v) is 9.36. The van der Waals surface area contributed by atoms with Crippen LogP contribution in [0.25, 0.3) is 0 Å². The summed E-state index contributed by atoms with van der Waals surface area (Å²) in [7, 11) is 0. The van der Waals surface area contributed by atoms with Gasteiger partial charge in [-0.2, -0.15) is 0 Å². The molecule has 0 aromatic heterocycles. The van der Waals surface area contributed by atoms with E-state index in [4.69, 9.17) is 28.4 Å². The van der Waals surface area contributed by atoms with Crippen molar-refractivity contribution in [2.45, 2.75) is 279 Å². The summed E-state index contributed by atoms with van der Waals surface area (Å²) < 4.78 is 34.0. The molecule has 0 aromatic carbocycles. The van der Waals surface area contributed by atoms with Crippen LogP contribution in [0, 0.1) is 0 Å². The third-order valence-electron chi connectivity index (χ3n) is 14.0. The fourth-order valence-electron chi connectivity index (χ4n) is 9.36. The molecule has 17 unspecified atom stereocenters. The van der Waals surface area contributed by atoms with Crippen molar-refractivity contribution in [3.63, 3.8) is 0 Å². The molecule has 0 spiro atoms. The Balaban J connectivity index is 1.44. The number of nitrogens with one attached hydrogen (secondary N) is 1. The topological polar surface area (TPSA) is 307 Å². The summed E-state index contributed by atoms with van der Waals surface area (Å²) in [6, 6.07) is -0.967. The van der Waals surface area contributed by atoms with Crippen LogP contribution < -0.4 is 5.32 Å². The van der Waals surface area contributed by atoms with E-state index in [0.717, 1.165) is 57.8 Å². The Labute approximate surface area is 428 Å². The summed E-state index contributed by atoms with van der Waals surface area (Å²) in [5.41, 5.74) is 0. The lowest BCUT2D eigenvalue weighted by molar-refractivity contribution is -0.379. The van der Waals surface area contributed by atoms with E-state index in [1.165, 1.54) is 89.9 Å². The van der Waals surface area contributed by atoms with Crippen LogP contribution in [-0.4, -0.2) is 193 Å². The Kier molecular flexibility index (Phi) is 34.0. The zero-order valence-corrected chi connectivity index (χ0v) is 43.4. The lowest BCUT2D eigenvalue weighted by Crippen LogP contribution is -2.66. The molecule has 19 nitrogen and oxygen atoms in total. The maximum Gasteiger partial charge on any atom is 0.220 e. The molecule has 0 saturated carbocycles. The van der Waals surface area contributed by atoms with Gasteiger partial charge < -0.3 is 89.9 Å². The van der Waals surface area contributed by atoms with E-state index < -0.39 is 124 Å². The second kappa shape index (κ2) is 37.9.